The molecule has 1 heterocycles. The zero-order valence-corrected chi connectivity index (χ0v) is 10.2. The molecule has 108 valence electrons. The fourth-order valence-corrected chi connectivity index (χ4v) is 1.95. The van der Waals surface area contributed by atoms with Crippen molar-refractivity contribution in [3.8, 4) is 11.3 Å². The van der Waals surface area contributed by atoms with E-state index in [2.05, 4.69) is 0 Å². The zero-order chi connectivity index (χ0) is 15.1. The summed E-state index contributed by atoms with van der Waals surface area (Å²) in [7, 11) is 0. The van der Waals surface area contributed by atoms with Crippen molar-refractivity contribution in [2.45, 2.75) is 12.4 Å². The van der Waals surface area contributed by atoms with Crippen LogP contribution in [0.25, 0.3) is 11.3 Å². The second kappa shape index (κ2) is 4.73. The highest BCUT2D eigenvalue weighted by Gasteiger charge is 2.41. The monoisotopic (exact) mass is 314 g/mol. The fourth-order valence-electron chi connectivity index (χ4n) is 1.62. The molecule has 0 unspecified atom stereocenters. The largest absolute Gasteiger partial charge is 0.464 e. The first-order valence-electron chi connectivity index (χ1n) is 5.12. The van der Waals surface area contributed by atoms with Gasteiger partial charge in [-0.2, -0.15) is 26.3 Å². The topological polar surface area (TPSA) is 13.1 Å². The molecule has 20 heavy (non-hydrogen) atoms. The minimum atomic E-state index is -5.00. The number of rotatable bonds is 1. The minimum absolute atomic E-state index is 0.113. The van der Waals surface area contributed by atoms with Crippen molar-refractivity contribution in [2.24, 2.45) is 0 Å². The molecule has 0 saturated heterocycles. The number of hydrogen-bond donors (Lipinski definition) is 0. The SMILES string of the molecule is FC(F)(F)c1cc(-c2ccco2)cc(C(F)(F)F)c1Cl. The molecule has 0 aliphatic rings. The van der Waals surface area contributed by atoms with Crippen molar-refractivity contribution in [3.05, 3.63) is 46.7 Å². The summed E-state index contributed by atoms with van der Waals surface area (Å²) < 4.78 is 81.4. The lowest BCUT2D eigenvalue weighted by molar-refractivity contribution is -0.142. The number of halogens is 7. The van der Waals surface area contributed by atoms with E-state index in [9.17, 15) is 26.3 Å². The Balaban J connectivity index is 2.74. The zero-order valence-electron chi connectivity index (χ0n) is 9.44. The highest BCUT2D eigenvalue weighted by Crippen LogP contribution is 2.44. The van der Waals surface area contributed by atoms with Crippen molar-refractivity contribution < 1.29 is 30.8 Å². The number of benzene rings is 1. The molecular formula is C12H5ClF6O. The summed E-state index contributed by atoms with van der Waals surface area (Å²) in [4.78, 5) is 0. The van der Waals surface area contributed by atoms with Crippen LogP contribution in [0.2, 0.25) is 5.02 Å². The van der Waals surface area contributed by atoms with E-state index < -0.39 is 28.5 Å². The van der Waals surface area contributed by atoms with Crippen LogP contribution in [0.15, 0.2) is 34.9 Å². The van der Waals surface area contributed by atoms with Gasteiger partial charge < -0.3 is 4.42 Å². The molecule has 0 amide bonds. The lowest BCUT2D eigenvalue weighted by atomic mass is 10.0. The second-order valence-electron chi connectivity index (χ2n) is 3.86. The highest BCUT2D eigenvalue weighted by molar-refractivity contribution is 6.32. The first-order chi connectivity index (χ1) is 9.10. The first-order valence-corrected chi connectivity index (χ1v) is 5.50. The van der Waals surface area contributed by atoms with Crippen LogP contribution in [0.1, 0.15) is 11.1 Å². The van der Waals surface area contributed by atoms with Crippen molar-refractivity contribution in [1.29, 1.82) is 0 Å². The summed E-state index contributed by atoms with van der Waals surface area (Å²) in [6.07, 6.45) is -8.86. The Morgan fingerprint density at radius 3 is 1.75 bits per heavy atom. The normalized spacial score (nSPS) is 12.8. The molecule has 0 N–H and O–H groups in total. The summed E-state index contributed by atoms with van der Waals surface area (Å²) in [5.41, 5.74) is -3.46. The molecule has 0 saturated carbocycles. The van der Waals surface area contributed by atoms with Gasteiger partial charge in [0.2, 0.25) is 0 Å². The molecule has 0 spiro atoms. The summed E-state index contributed by atoms with van der Waals surface area (Å²) in [5.74, 6) is -0.113. The molecule has 0 radical (unpaired) electrons. The Morgan fingerprint density at radius 1 is 0.900 bits per heavy atom. The van der Waals surface area contributed by atoms with Gasteiger partial charge in [0.1, 0.15) is 5.76 Å². The van der Waals surface area contributed by atoms with Crippen LogP contribution in [-0.4, -0.2) is 0 Å². The highest BCUT2D eigenvalue weighted by atomic mass is 35.5. The third-order valence-electron chi connectivity index (χ3n) is 2.49. The number of alkyl halides is 6. The van der Waals surface area contributed by atoms with E-state index in [0.29, 0.717) is 12.1 Å². The van der Waals surface area contributed by atoms with Crippen molar-refractivity contribution >= 4 is 11.6 Å². The smallest absolute Gasteiger partial charge is 0.417 e. The third kappa shape index (κ3) is 2.77. The predicted molar refractivity (Wildman–Crippen MR) is 59.2 cm³/mol. The molecule has 1 aromatic carbocycles. The van der Waals surface area contributed by atoms with Gasteiger partial charge >= 0.3 is 12.4 Å². The van der Waals surface area contributed by atoms with Gasteiger partial charge in [-0.05, 0) is 24.3 Å². The Bertz CT molecular complexity index is 577. The maximum absolute atomic E-state index is 12.8. The lowest BCUT2D eigenvalue weighted by Crippen LogP contribution is -2.13. The van der Waals surface area contributed by atoms with Crippen molar-refractivity contribution in [2.75, 3.05) is 0 Å². The molecule has 0 aliphatic carbocycles. The average Bonchev–Trinajstić information content (AvgIpc) is 2.79. The standard InChI is InChI=1S/C12H5ClF6O/c13-10-7(11(14,15)16)4-6(9-2-1-3-20-9)5-8(10)12(17,18)19/h1-5H. The Hall–Kier alpha value is -1.63. The van der Waals surface area contributed by atoms with E-state index in [0.717, 1.165) is 6.26 Å². The van der Waals surface area contributed by atoms with Crippen LogP contribution in [0, 0.1) is 0 Å². The van der Waals surface area contributed by atoms with Crippen LogP contribution in [0.4, 0.5) is 26.3 Å². The van der Waals surface area contributed by atoms with Gasteiger partial charge in [-0.25, -0.2) is 0 Å². The summed E-state index contributed by atoms with van der Waals surface area (Å²) in [5, 5.41) is -1.37. The predicted octanol–water partition coefficient (Wildman–Crippen LogP) is 5.64. The van der Waals surface area contributed by atoms with E-state index >= 15 is 0 Å². The molecular weight excluding hydrogens is 310 g/mol. The maximum atomic E-state index is 12.8. The second-order valence-corrected chi connectivity index (χ2v) is 4.24. The molecule has 0 bridgehead atoms. The molecule has 0 aliphatic heterocycles. The number of furan rings is 1. The van der Waals surface area contributed by atoms with E-state index in [1.807, 2.05) is 0 Å². The first kappa shape index (κ1) is 14.8. The average molecular weight is 315 g/mol. The Kier molecular flexibility index (Phi) is 3.49. The van der Waals surface area contributed by atoms with Crippen molar-refractivity contribution in [3.63, 3.8) is 0 Å². The van der Waals surface area contributed by atoms with Gasteiger partial charge in [0.25, 0.3) is 0 Å². The van der Waals surface area contributed by atoms with Crippen LogP contribution in [0.3, 0.4) is 0 Å². The maximum Gasteiger partial charge on any atom is 0.417 e. The third-order valence-corrected chi connectivity index (χ3v) is 2.90. The minimum Gasteiger partial charge on any atom is -0.464 e. The van der Waals surface area contributed by atoms with E-state index in [-0.39, 0.29) is 11.3 Å². The van der Waals surface area contributed by atoms with Gasteiger partial charge in [0.15, 0.2) is 0 Å². The molecule has 1 aromatic heterocycles. The van der Waals surface area contributed by atoms with Gasteiger partial charge in [-0.1, -0.05) is 11.6 Å². The Morgan fingerprint density at radius 2 is 1.40 bits per heavy atom. The Labute approximate surface area is 113 Å². The van der Waals surface area contributed by atoms with Crippen LogP contribution in [-0.2, 0) is 12.4 Å². The summed E-state index contributed by atoms with van der Waals surface area (Å²) >= 11 is 5.24. The molecule has 2 aromatic rings. The van der Waals surface area contributed by atoms with Crippen LogP contribution >= 0.6 is 11.6 Å². The van der Waals surface area contributed by atoms with Crippen LogP contribution in [0.5, 0.6) is 0 Å². The van der Waals surface area contributed by atoms with E-state index in [1.165, 1.54) is 12.1 Å². The molecule has 8 heteroatoms. The van der Waals surface area contributed by atoms with Gasteiger partial charge in [0, 0.05) is 5.56 Å². The molecule has 0 fully saturated rings. The van der Waals surface area contributed by atoms with Gasteiger partial charge in [0.05, 0.1) is 22.4 Å². The molecule has 0 atom stereocenters. The fraction of sp³-hybridized carbons (Fsp3) is 0.167. The number of hydrogen-bond acceptors (Lipinski definition) is 1. The lowest BCUT2D eigenvalue weighted by Gasteiger charge is -2.16. The van der Waals surface area contributed by atoms with Gasteiger partial charge in [-0.15, -0.1) is 0 Å². The van der Waals surface area contributed by atoms with Gasteiger partial charge in [-0.3, -0.25) is 0 Å². The molecule has 2 rings (SSSR count). The summed E-state index contributed by atoms with van der Waals surface area (Å²) in [6.45, 7) is 0. The van der Waals surface area contributed by atoms with E-state index in [4.69, 9.17) is 16.0 Å². The van der Waals surface area contributed by atoms with E-state index in [1.54, 1.807) is 0 Å². The quantitative estimate of drug-likeness (QED) is 0.621. The molecule has 1 nitrogen and oxygen atoms in total. The van der Waals surface area contributed by atoms with Crippen molar-refractivity contribution in [1.82, 2.24) is 0 Å². The van der Waals surface area contributed by atoms with Crippen LogP contribution < -0.4 is 0 Å². The summed E-state index contributed by atoms with van der Waals surface area (Å²) in [6, 6.07) is 3.65.